The molecule has 92 valence electrons. The van der Waals surface area contributed by atoms with Crippen molar-refractivity contribution in [2.24, 2.45) is 5.73 Å². The summed E-state index contributed by atoms with van der Waals surface area (Å²) in [6.45, 7) is 5.61. The van der Waals surface area contributed by atoms with E-state index in [0.29, 0.717) is 0 Å². The number of benzene rings is 1. The van der Waals surface area contributed by atoms with Crippen LogP contribution in [0.4, 0.5) is 0 Å². The lowest BCUT2D eigenvalue weighted by molar-refractivity contribution is 0.233. The molecule has 0 spiro atoms. The van der Waals surface area contributed by atoms with E-state index in [4.69, 9.17) is 5.73 Å². The normalized spacial score (nSPS) is 23.6. The topological polar surface area (TPSA) is 41.3 Å². The molecule has 0 bridgehead atoms. The van der Waals surface area contributed by atoms with E-state index in [9.17, 15) is 0 Å². The average Bonchev–Trinajstić information content (AvgIpc) is 3.11. The highest BCUT2D eigenvalue weighted by Gasteiger charge is 2.39. The lowest BCUT2D eigenvalue weighted by atomic mass is 10.0. The van der Waals surface area contributed by atoms with Gasteiger partial charge in [-0.05, 0) is 24.0 Å². The van der Waals surface area contributed by atoms with Gasteiger partial charge in [0.2, 0.25) is 0 Å². The molecule has 3 nitrogen and oxygen atoms in total. The van der Waals surface area contributed by atoms with Crippen molar-refractivity contribution in [1.29, 1.82) is 0 Å². The number of nitrogens with zero attached hydrogens (tertiary/aromatic N) is 1. The molecule has 1 heterocycles. The lowest BCUT2D eigenvalue weighted by Gasteiger charge is -2.27. The van der Waals surface area contributed by atoms with E-state index in [1.54, 1.807) is 0 Å². The molecule has 1 aromatic rings. The third-order valence-corrected chi connectivity index (χ3v) is 3.93. The Hall–Kier alpha value is -0.900. The molecule has 3 heteroatoms. The Kier molecular flexibility index (Phi) is 2.90. The summed E-state index contributed by atoms with van der Waals surface area (Å²) in [5.41, 5.74) is 8.90. The molecule has 0 unspecified atom stereocenters. The summed E-state index contributed by atoms with van der Waals surface area (Å²) in [5, 5.41) is 3.38. The van der Waals surface area contributed by atoms with Crippen LogP contribution in [-0.4, -0.2) is 31.1 Å². The molecule has 1 aliphatic heterocycles. The minimum atomic E-state index is 0.00751. The summed E-state index contributed by atoms with van der Waals surface area (Å²) >= 11 is 0. The summed E-state index contributed by atoms with van der Waals surface area (Å²) in [6, 6.07) is 8.91. The van der Waals surface area contributed by atoms with Crippen molar-refractivity contribution in [2.45, 2.75) is 24.9 Å². The third-order valence-electron chi connectivity index (χ3n) is 3.93. The fraction of sp³-hybridized carbons (Fsp3) is 0.571. The highest BCUT2D eigenvalue weighted by molar-refractivity contribution is 5.32. The Morgan fingerprint density at radius 1 is 1.12 bits per heavy atom. The van der Waals surface area contributed by atoms with Gasteiger partial charge in [0.25, 0.3) is 0 Å². The molecule has 0 aromatic heterocycles. The van der Waals surface area contributed by atoms with Gasteiger partial charge in [0, 0.05) is 38.3 Å². The highest BCUT2D eigenvalue weighted by Crippen LogP contribution is 2.42. The first-order chi connectivity index (χ1) is 8.26. The van der Waals surface area contributed by atoms with Crippen LogP contribution in [0.25, 0.3) is 0 Å². The van der Waals surface area contributed by atoms with E-state index >= 15 is 0 Å². The lowest BCUT2D eigenvalue weighted by Crippen LogP contribution is -2.42. The van der Waals surface area contributed by atoms with E-state index in [-0.39, 0.29) is 5.54 Å². The van der Waals surface area contributed by atoms with Crippen molar-refractivity contribution >= 4 is 0 Å². The van der Waals surface area contributed by atoms with Gasteiger partial charge in [-0.25, -0.2) is 0 Å². The second-order valence-corrected chi connectivity index (χ2v) is 5.38. The first-order valence-electron chi connectivity index (χ1n) is 6.58. The van der Waals surface area contributed by atoms with Crippen LogP contribution in [0.3, 0.4) is 0 Å². The number of nitrogens with one attached hydrogen (secondary N) is 1. The maximum atomic E-state index is 6.18. The maximum absolute atomic E-state index is 6.18. The molecule has 17 heavy (non-hydrogen) atoms. The first kappa shape index (κ1) is 11.2. The molecule has 0 atom stereocenters. The highest BCUT2D eigenvalue weighted by atomic mass is 15.2. The average molecular weight is 231 g/mol. The second kappa shape index (κ2) is 4.41. The van der Waals surface area contributed by atoms with Crippen LogP contribution >= 0.6 is 0 Å². The Morgan fingerprint density at radius 3 is 2.35 bits per heavy atom. The monoisotopic (exact) mass is 231 g/mol. The second-order valence-electron chi connectivity index (χ2n) is 5.38. The fourth-order valence-electron chi connectivity index (χ4n) is 2.49. The van der Waals surface area contributed by atoms with Gasteiger partial charge in [0.05, 0.1) is 0 Å². The van der Waals surface area contributed by atoms with Gasteiger partial charge in [-0.15, -0.1) is 0 Å². The molecular weight excluding hydrogens is 210 g/mol. The molecule has 1 aliphatic carbocycles. The Labute approximate surface area is 103 Å². The molecule has 1 aromatic carbocycles. The Balaban J connectivity index is 1.63. The van der Waals surface area contributed by atoms with Crippen molar-refractivity contribution in [3.8, 4) is 0 Å². The molecular formula is C14H21N3. The molecule has 0 radical (unpaired) electrons. The van der Waals surface area contributed by atoms with Crippen LogP contribution in [-0.2, 0) is 12.1 Å². The van der Waals surface area contributed by atoms with Crippen molar-refractivity contribution in [1.82, 2.24) is 10.2 Å². The summed E-state index contributed by atoms with van der Waals surface area (Å²) < 4.78 is 0. The van der Waals surface area contributed by atoms with E-state index in [1.807, 2.05) is 0 Å². The molecule has 3 rings (SSSR count). The zero-order valence-corrected chi connectivity index (χ0v) is 10.3. The molecule has 0 amide bonds. The number of rotatable bonds is 3. The molecule has 3 N–H and O–H groups in total. The van der Waals surface area contributed by atoms with Crippen LogP contribution < -0.4 is 11.1 Å². The quantitative estimate of drug-likeness (QED) is 0.816. The summed E-state index contributed by atoms with van der Waals surface area (Å²) in [7, 11) is 0. The molecule has 2 aliphatic rings. The Bertz CT molecular complexity index is 375. The van der Waals surface area contributed by atoms with Crippen molar-refractivity contribution in [3.63, 3.8) is 0 Å². The van der Waals surface area contributed by atoms with Crippen molar-refractivity contribution in [2.75, 3.05) is 26.2 Å². The summed E-state index contributed by atoms with van der Waals surface area (Å²) in [6.07, 6.45) is 2.29. The van der Waals surface area contributed by atoms with E-state index in [2.05, 4.69) is 34.5 Å². The van der Waals surface area contributed by atoms with E-state index in [0.717, 1.165) is 45.6 Å². The van der Waals surface area contributed by atoms with Gasteiger partial charge in [0.1, 0.15) is 0 Å². The van der Waals surface area contributed by atoms with Crippen LogP contribution in [0, 0.1) is 0 Å². The van der Waals surface area contributed by atoms with Crippen LogP contribution in [0.2, 0.25) is 0 Å². The predicted octanol–water partition coefficient (Wildman–Crippen LogP) is 1.04. The van der Waals surface area contributed by atoms with Crippen LogP contribution in [0.5, 0.6) is 0 Å². The minimum Gasteiger partial charge on any atom is -0.321 e. The zero-order chi connectivity index (χ0) is 11.7. The van der Waals surface area contributed by atoms with Crippen molar-refractivity contribution < 1.29 is 0 Å². The van der Waals surface area contributed by atoms with E-state index < -0.39 is 0 Å². The fourth-order valence-corrected chi connectivity index (χ4v) is 2.49. The summed E-state index contributed by atoms with van der Waals surface area (Å²) in [5.74, 6) is 0. The molecule has 1 saturated carbocycles. The van der Waals surface area contributed by atoms with Gasteiger partial charge in [-0.2, -0.15) is 0 Å². The van der Waals surface area contributed by atoms with Gasteiger partial charge < -0.3 is 11.1 Å². The number of piperazine rings is 1. The maximum Gasteiger partial charge on any atom is 0.0411 e. The van der Waals surface area contributed by atoms with Gasteiger partial charge in [0.15, 0.2) is 0 Å². The molecule has 2 fully saturated rings. The van der Waals surface area contributed by atoms with Gasteiger partial charge in [-0.1, -0.05) is 24.3 Å². The first-order valence-corrected chi connectivity index (χ1v) is 6.58. The van der Waals surface area contributed by atoms with Gasteiger partial charge in [-0.3, -0.25) is 4.90 Å². The zero-order valence-electron chi connectivity index (χ0n) is 10.3. The number of hydrogen-bond donors (Lipinski definition) is 2. The SMILES string of the molecule is NC1(c2ccc(CN3CCNCC3)cc2)CC1. The van der Waals surface area contributed by atoms with Crippen LogP contribution in [0.15, 0.2) is 24.3 Å². The molecule has 1 saturated heterocycles. The third kappa shape index (κ3) is 2.51. The van der Waals surface area contributed by atoms with Crippen LogP contribution in [0.1, 0.15) is 24.0 Å². The summed E-state index contributed by atoms with van der Waals surface area (Å²) in [4.78, 5) is 2.50. The minimum absolute atomic E-state index is 0.00751. The van der Waals surface area contributed by atoms with Gasteiger partial charge >= 0.3 is 0 Å². The van der Waals surface area contributed by atoms with E-state index in [1.165, 1.54) is 11.1 Å². The Morgan fingerprint density at radius 2 is 1.76 bits per heavy atom. The predicted molar refractivity (Wildman–Crippen MR) is 69.7 cm³/mol. The largest absolute Gasteiger partial charge is 0.321 e. The standard InChI is InChI=1S/C14H21N3/c15-14(5-6-14)13-3-1-12(2-4-13)11-17-9-7-16-8-10-17/h1-4,16H,5-11,15H2. The smallest absolute Gasteiger partial charge is 0.0411 e. The van der Waals surface area contributed by atoms with Crippen molar-refractivity contribution in [3.05, 3.63) is 35.4 Å². The number of nitrogens with two attached hydrogens (primary N) is 1. The number of hydrogen-bond acceptors (Lipinski definition) is 3.